The number of nitrogens with zero attached hydrogens (tertiary/aromatic N) is 1. The van der Waals surface area contributed by atoms with Gasteiger partial charge in [-0.05, 0) is 24.1 Å². The molecule has 1 aliphatic carbocycles. The molecule has 0 saturated carbocycles. The van der Waals surface area contributed by atoms with Crippen LogP contribution in [-0.4, -0.2) is 24.0 Å². The van der Waals surface area contributed by atoms with Gasteiger partial charge < -0.3 is 9.64 Å². The summed E-state index contributed by atoms with van der Waals surface area (Å²) in [5.74, 6) is 1.24. The average molecular weight is 229 g/mol. The minimum atomic E-state index is 0.130. The lowest BCUT2D eigenvalue weighted by molar-refractivity contribution is -0.131. The molecule has 3 heteroatoms. The highest BCUT2D eigenvalue weighted by Gasteiger charge is 2.40. The van der Waals surface area contributed by atoms with Crippen molar-refractivity contribution in [3.05, 3.63) is 42.0 Å². The van der Waals surface area contributed by atoms with Crippen LogP contribution in [0.3, 0.4) is 0 Å². The number of hydrogen-bond acceptors (Lipinski definition) is 2. The van der Waals surface area contributed by atoms with Gasteiger partial charge in [0.15, 0.2) is 0 Å². The van der Waals surface area contributed by atoms with Crippen molar-refractivity contribution in [1.29, 1.82) is 0 Å². The molecule has 1 amide bonds. The third-order valence-corrected chi connectivity index (χ3v) is 3.55. The lowest BCUT2D eigenvalue weighted by Crippen LogP contribution is -2.34. The topological polar surface area (TPSA) is 29.5 Å². The number of rotatable bonds is 3. The van der Waals surface area contributed by atoms with Gasteiger partial charge in [-0.1, -0.05) is 24.3 Å². The second-order valence-corrected chi connectivity index (χ2v) is 4.61. The average Bonchev–Trinajstić information content (AvgIpc) is 2.93. The van der Waals surface area contributed by atoms with Crippen molar-refractivity contribution < 1.29 is 9.53 Å². The zero-order chi connectivity index (χ0) is 11.8. The molecule has 88 valence electrons. The van der Waals surface area contributed by atoms with Crippen LogP contribution in [0.4, 0.5) is 0 Å². The highest BCUT2D eigenvalue weighted by molar-refractivity contribution is 5.85. The van der Waals surface area contributed by atoms with Crippen LogP contribution in [0.2, 0.25) is 0 Å². The van der Waals surface area contributed by atoms with Crippen LogP contribution < -0.4 is 4.74 Å². The number of amides is 1. The Morgan fingerprint density at radius 1 is 1.41 bits per heavy atom. The molecular weight excluding hydrogens is 214 g/mol. The number of ether oxygens (including phenoxy) is 1. The van der Waals surface area contributed by atoms with Gasteiger partial charge in [-0.15, -0.1) is 0 Å². The predicted octanol–water partition coefficient (Wildman–Crippen LogP) is 1.98. The maximum Gasteiger partial charge on any atom is 0.230 e. The molecule has 1 heterocycles. The molecule has 3 nitrogen and oxygen atoms in total. The second-order valence-electron chi connectivity index (χ2n) is 4.61. The van der Waals surface area contributed by atoms with Gasteiger partial charge in [-0.3, -0.25) is 4.79 Å². The number of benzene rings is 1. The van der Waals surface area contributed by atoms with E-state index in [1.54, 1.807) is 7.11 Å². The highest BCUT2D eigenvalue weighted by Crippen LogP contribution is 2.34. The molecule has 1 aliphatic heterocycles. The quantitative estimate of drug-likeness (QED) is 0.742. The Balaban J connectivity index is 1.79. The van der Waals surface area contributed by atoms with E-state index in [1.165, 1.54) is 0 Å². The first-order valence-electron chi connectivity index (χ1n) is 5.89. The number of carbonyl (C=O) groups excluding carboxylic acids is 1. The number of hydrogen-bond donors (Lipinski definition) is 0. The van der Waals surface area contributed by atoms with Gasteiger partial charge in [-0.2, -0.15) is 0 Å². The van der Waals surface area contributed by atoms with Crippen LogP contribution in [0.25, 0.3) is 0 Å². The van der Waals surface area contributed by atoms with Crippen LogP contribution in [-0.2, 0) is 11.3 Å². The maximum absolute atomic E-state index is 12.0. The molecule has 2 atom stereocenters. The van der Waals surface area contributed by atoms with E-state index >= 15 is 0 Å². The van der Waals surface area contributed by atoms with Crippen molar-refractivity contribution in [3.8, 4) is 5.75 Å². The first-order chi connectivity index (χ1) is 8.28. The van der Waals surface area contributed by atoms with E-state index in [9.17, 15) is 4.79 Å². The minimum Gasteiger partial charge on any atom is -0.497 e. The van der Waals surface area contributed by atoms with E-state index in [1.807, 2.05) is 35.2 Å². The molecule has 1 fully saturated rings. The highest BCUT2D eigenvalue weighted by atomic mass is 16.5. The SMILES string of the molecule is COc1cccc(CN2C(=O)C3C=CC2C3)c1. The van der Waals surface area contributed by atoms with Crippen LogP contribution in [0.1, 0.15) is 12.0 Å². The standard InChI is InChI=1S/C14H15NO2/c1-17-13-4-2-3-10(7-13)9-15-12-6-5-11(8-12)14(15)16/h2-7,11-12H,8-9H2,1H3. The Kier molecular flexibility index (Phi) is 2.39. The molecule has 0 aromatic heterocycles. The van der Waals surface area contributed by atoms with E-state index in [2.05, 4.69) is 6.08 Å². The van der Waals surface area contributed by atoms with Gasteiger partial charge >= 0.3 is 0 Å². The summed E-state index contributed by atoms with van der Waals surface area (Å²) < 4.78 is 5.19. The zero-order valence-corrected chi connectivity index (χ0v) is 9.80. The van der Waals surface area contributed by atoms with E-state index in [0.717, 1.165) is 17.7 Å². The molecule has 3 rings (SSSR count). The summed E-state index contributed by atoms with van der Waals surface area (Å²) in [7, 11) is 1.66. The lowest BCUT2D eigenvalue weighted by atomic mass is 10.1. The van der Waals surface area contributed by atoms with Crippen molar-refractivity contribution in [2.24, 2.45) is 5.92 Å². The lowest BCUT2D eigenvalue weighted by Gasteiger charge is -2.24. The largest absolute Gasteiger partial charge is 0.497 e. The van der Waals surface area contributed by atoms with Gasteiger partial charge in [0.1, 0.15) is 5.75 Å². The van der Waals surface area contributed by atoms with E-state index in [0.29, 0.717) is 12.6 Å². The number of methoxy groups -OCH3 is 1. The Hall–Kier alpha value is -1.77. The molecule has 1 saturated heterocycles. The van der Waals surface area contributed by atoms with Gasteiger partial charge in [-0.25, -0.2) is 0 Å². The Bertz CT molecular complexity index is 481. The smallest absolute Gasteiger partial charge is 0.230 e. The molecule has 17 heavy (non-hydrogen) atoms. The van der Waals surface area contributed by atoms with Crippen molar-refractivity contribution >= 4 is 5.91 Å². The summed E-state index contributed by atoms with van der Waals surface area (Å²) >= 11 is 0. The fraction of sp³-hybridized carbons (Fsp3) is 0.357. The Morgan fingerprint density at radius 2 is 2.29 bits per heavy atom. The zero-order valence-electron chi connectivity index (χ0n) is 9.80. The van der Waals surface area contributed by atoms with Gasteiger partial charge in [0, 0.05) is 6.54 Å². The number of likely N-dealkylation sites (tertiary alicyclic amines) is 1. The molecule has 2 unspecified atom stereocenters. The molecule has 2 bridgehead atoms. The molecular formula is C14H15NO2. The van der Waals surface area contributed by atoms with E-state index in [4.69, 9.17) is 4.74 Å². The summed E-state index contributed by atoms with van der Waals surface area (Å²) in [5, 5.41) is 0. The monoisotopic (exact) mass is 229 g/mol. The van der Waals surface area contributed by atoms with Crippen LogP contribution in [0.15, 0.2) is 36.4 Å². The van der Waals surface area contributed by atoms with Crippen molar-refractivity contribution in [1.82, 2.24) is 4.90 Å². The fourth-order valence-electron chi connectivity index (χ4n) is 2.63. The maximum atomic E-state index is 12.0. The van der Waals surface area contributed by atoms with E-state index in [-0.39, 0.29) is 11.8 Å². The van der Waals surface area contributed by atoms with Crippen LogP contribution in [0.5, 0.6) is 5.75 Å². The van der Waals surface area contributed by atoms with Gasteiger partial charge in [0.2, 0.25) is 5.91 Å². The number of fused-ring (bicyclic) bond motifs is 2. The first kappa shape index (κ1) is 10.4. The molecule has 1 aromatic carbocycles. The predicted molar refractivity (Wildman–Crippen MR) is 64.6 cm³/mol. The van der Waals surface area contributed by atoms with Crippen molar-refractivity contribution in [2.75, 3.05) is 7.11 Å². The van der Waals surface area contributed by atoms with Crippen molar-refractivity contribution in [3.63, 3.8) is 0 Å². The molecule has 0 spiro atoms. The minimum absolute atomic E-state index is 0.130. The Labute approximate surface area is 101 Å². The second kappa shape index (κ2) is 3.91. The van der Waals surface area contributed by atoms with Gasteiger partial charge in [0.25, 0.3) is 0 Å². The fourth-order valence-corrected chi connectivity index (χ4v) is 2.63. The summed E-state index contributed by atoms with van der Waals surface area (Å²) in [6.45, 7) is 0.682. The number of carbonyl (C=O) groups is 1. The normalized spacial score (nSPS) is 25.7. The van der Waals surface area contributed by atoms with E-state index < -0.39 is 0 Å². The summed E-state index contributed by atoms with van der Waals surface area (Å²) in [4.78, 5) is 13.9. The van der Waals surface area contributed by atoms with Crippen LogP contribution in [0, 0.1) is 5.92 Å². The summed E-state index contributed by atoms with van der Waals surface area (Å²) in [5.41, 5.74) is 1.12. The molecule has 0 radical (unpaired) electrons. The molecule has 2 aliphatic rings. The first-order valence-corrected chi connectivity index (χ1v) is 5.89. The van der Waals surface area contributed by atoms with Crippen molar-refractivity contribution in [2.45, 2.75) is 19.0 Å². The van der Waals surface area contributed by atoms with Gasteiger partial charge in [0.05, 0.1) is 19.1 Å². The third-order valence-electron chi connectivity index (χ3n) is 3.55. The third kappa shape index (κ3) is 1.71. The Morgan fingerprint density at radius 3 is 3.00 bits per heavy atom. The molecule has 1 aromatic rings. The summed E-state index contributed by atoms with van der Waals surface area (Å²) in [6.07, 6.45) is 5.14. The summed E-state index contributed by atoms with van der Waals surface area (Å²) in [6, 6.07) is 8.21. The molecule has 0 N–H and O–H groups in total. The van der Waals surface area contributed by atoms with Crippen LogP contribution >= 0.6 is 0 Å².